The Balaban J connectivity index is 2.74. The smallest absolute Gasteiger partial charge is 0.119 e. The molecule has 1 atom stereocenters. The van der Waals surface area contributed by atoms with Crippen LogP contribution in [-0.4, -0.2) is 11.1 Å². The Labute approximate surface area is 80.9 Å². The molecule has 0 aliphatic carbocycles. The highest BCUT2D eigenvalue weighted by atomic mass is 32.2. The molecule has 13 heavy (non-hydrogen) atoms. The molecular weight excluding hydrogens is 180 g/mol. The Morgan fingerprint density at radius 3 is 2.46 bits per heavy atom. The summed E-state index contributed by atoms with van der Waals surface area (Å²) in [5.74, 6) is 0. The van der Waals surface area contributed by atoms with Gasteiger partial charge < -0.3 is 11.5 Å². The largest absolute Gasteiger partial charge is 0.306 e. The second kappa shape index (κ2) is 2.67. The van der Waals surface area contributed by atoms with E-state index < -0.39 is 5.66 Å². The summed E-state index contributed by atoms with van der Waals surface area (Å²) in [4.78, 5) is 2.47. The minimum atomic E-state index is -0.714. The molecule has 1 aliphatic heterocycles. The predicted octanol–water partition coefficient (Wildman–Crippen LogP) is 1.22. The van der Waals surface area contributed by atoms with Gasteiger partial charge in [0.05, 0.1) is 0 Å². The van der Waals surface area contributed by atoms with Crippen LogP contribution in [-0.2, 0) is 5.66 Å². The van der Waals surface area contributed by atoms with Crippen molar-refractivity contribution in [3.63, 3.8) is 0 Å². The van der Waals surface area contributed by atoms with Crippen LogP contribution >= 0.6 is 10.5 Å². The highest BCUT2D eigenvalue weighted by Gasteiger charge is 2.34. The molecule has 1 aliphatic rings. The summed E-state index contributed by atoms with van der Waals surface area (Å²) >= 11 is 0. The van der Waals surface area contributed by atoms with Crippen molar-refractivity contribution in [3.05, 3.63) is 29.8 Å². The van der Waals surface area contributed by atoms with Gasteiger partial charge in [0.1, 0.15) is 5.66 Å². The van der Waals surface area contributed by atoms with Gasteiger partial charge in [0, 0.05) is 10.5 Å². The van der Waals surface area contributed by atoms with Crippen molar-refractivity contribution in [3.8, 4) is 0 Å². The fourth-order valence-corrected chi connectivity index (χ4v) is 3.48. The fraction of sp³-hybridized carbons (Fsp3) is 0.300. The SMILES string of the molecule is CC1=S(C)c2ccccc2C1(N)N. The first kappa shape index (κ1) is 8.94. The van der Waals surface area contributed by atoms with Gasteiger partial charge in [-0.2, -0.15) is 10.5 Å². The van der Waals surface area contributed by atoms with E-state index in [9.17, 15) is 0 Å². The summed E-state index contributed by atoms with van der Waals surface area (Å²) in [5, 5.41) is 0. The molecule has 3 heteroatoms. The Bertz CT molecular complexity index is 394. The van der Waals surface area contributed by atoms with Crippen LogP contribution < -0.4 is 11.5 Å². The lowest BCUT2D eigenvalue weighted by molar-refractivity contribution is 0.636. The van der Waals surface area contributed by atoms with Crippen molar-refractivity contribution >= 4 is 15.3 Å². The third-order valence-corrected chi connectivity index (χ3v) is 4.98. The Morgan fingerprint density at radius 2 is 1.85 bits per heavy atom. The summed E-state index contributed by atoms with van der Waals surface area (Å²) in [6.45, 7) is 2.04. The van der Waals surface area contributed by atoms with E-state index >= 15 is 0 Å². The average Bonchev–Trinajstić information content (AvgIpc) is 2.30. The third kappa shape index (κ3) is 1.08. The van der Waals surface area contributed by atoms with E-state index in [1.165, 1.54) is 9.76 Å². The fourth-order valence-electron chi connectivity index (χ4n) is 1.68. The molecule has 0 spiro atoms. The number of nitrogens with two attached hydrogens (primary N) is 2. The van der Waals surface area contributed by atoms with E-state index in [0.29, 0.717) is 0 Å². The normalized spacial score (nSPS) is 24.6. The lowest BCUT2D eigenvalue weighted by Gasteiger charge is -2.21. The first-order valence-electron chi connectivity index (χ1n) is 4.22. The van der Waals surface area contributed by atoms with Gasteiger partial charge in [-0.15, -0.1) is 0 Å². The third-order valence-electron chi connectivity index (χ3n) is 2.70. The van der Waals surface area contributed by atoms with Gasteiger partial charge in [0.2, 0.25) is 0 Å². The van der Waals surface area contributed by atoms with Crippen molar-refractivity contribution < 1.29 is 0 Å². The number of hydrogen-bond acceptors (Lipinski definition) is 2. The van der Waals surface area contributed by atoms with Crippen LogP contribution in [0.1, 0.15) is 12.5 Å². The minimum absolute atomic E-state index is 0.105. The first-order chi connectivity index (χ1) is 6.05. The van der Waals surface area contributed by atoms with Crippen molar-refractivity contribution in [1.29, 1.82) is 0 Å². The van der Waals surface area contributed by atoms with Gasteiger partial charge in [0.15, 0.2) is 0 Å². The summed E-state index contributed by atoms with van der Waals surface area (Å²) in [5.41, 5.74) is 12.5. The molecule has 0 fully saturated rings. The van der Waals surface area contributed by atoms with Crippen LogP contribution in [0.4, 0.5) is 0 Å². The predicted molar refractivity (Wildman–Crippen MR) is 59.0 cm³/mol. The average molecular weight is 194 g/mol. The van der Waals surface area contributed by atoms with Gasteiger partial charge in [-0.05, 0) is 24.1 Å². The lowest BCUT2D eigenvalue weighted by atomic mass is 9.99. The van der Waals surface area contributed by atoms with E-state index in [4.69, 9.17) is 11.5 Å². The topological polar surface area (TPSA) is 52.0 Å². The molecule has 0 saturated heterocycles. The number of benzene rings is 1. The second-order valence-corrected chi connectivity index (χ2v) is 5.50. The summed E-state index contributed by atoms with van der Waals surface area (Å²) in [6, 6.07) is 8.17. The molecular formula is C10H14N2S. The van der Waals surface area contributed by atoms with E-state index in [1.807, 2.05) is 25.1 Å². The van der Waals surface area contributed by atoms with E-state index in [1.54, 1.807) is 0 Å². The maximum absolute atomic E-state index is 6.07. The van der Waals surface area contributed by atoms with Gasteiger partial charge in [-0.1, -0.05) is 18.2 Å². The molecule has 4 N–H and O–H groups in total. The molecule has 1 aromatic rings. The highest BCUT2D eigenvalue weighted by molar-refractivity contribution is 8.15. The first-order valence-corrected chi connectivity index (χ1v) is 5.85. The zero-order valence-corrected chi connectivity index (χ0v) is 8.69. The minimum Gasteiger partial charge on any atom is -0.306 e. The zero-order chi connectivity index (χ0) is 9.64. The highest BCUT2D eigenvalue weighted by Crippen LogP contribution is 2.40. The van der Waals surface area contributed by atoms with Gasteiger partial charge in [-0.3, -0.25) is 0 Å². The lowest BCUT2D eigenvalue weighted by Crippen LogP contribution is -2.50. The van der Waals surface area contributed by atoms with Gasteiger partial charge in [0.25, 0.3) is 0 Å². The summed E-state index contributed by atoms with van der Waals surface area (Å²) in [7, 11) is 0.105. The summed E-state index contributed by atoms with van der Waals surface area (Å²) in [6.07, 6.45) is 2.18. The molecule has 1 heterocycles. The molecule has 0 radical (unpaired) electrons. The van der Waals surface area contributed by atoms with Gasteiger partial charge >= 0.3 is 0 Å². The molecule has 2 nitrogen and oxygen atoms in total. The van der Waals surface area contributed by atoms with Gasteiger partial charge in [-0.25, -0.2) is 0 Å². The monoisotopic (exact) mass is 194 g/mol. The van der Waals surface area contributed by atoms with Crippen molar-refractivity contribution in [2.75, 3.05) is 6.26 Å². The van der Waals surface area contributed by atoms with E-state index in [0.717, 1.165) is 5.56 Å². The van der Waals surface area contributed by atoms with Crippen molar-refractivity contribution in [2.24, 2.45) is 11.5 Å². The molecule has 0 aromatic heterocycles. The Morgan fingerprint density at radius 1 is 1.23 bits per heavy atom. The number of fused-ring (bicyclic) bond motifs is 1. The van der Waals surface area contributed by atoms with Crippen molar-refractivity contribution in [1.82, 2.24) is 0 Å². The van der Waals surface area contributed by atoms with E-state index in [-0.39, 0.29) is 10.5 Å². The number of hydrogen-bond donors (Lipinski definition) is 2. The van der Waals surface area contributed by atoms with E-state index in [2.05, 4.69) is 12.3 Å². The molecule has 2 rings (SSSR count). The van der Waals surface area contributed by atoms with Crippen LogP contribution in [0.25, 0.3) is 0 Å². The molecule has 0 saturated carbocycles. The zero-order valence-electron chi connectivity index (χ0n) is 7.87. The van der Waals surface area contributed by atoms with Crippen LogP contribution in [0.15, 0.2) is 29.2 Å². The molecule has 1 unspecified atom stereocenters. The molecule has 70 valence electrons. The van der Waals surface area contributed by atoms with Crippen LogP contribution in [0, 0.1) is 0 Å². The maximum Gasteiger partial charge on any atom is 0.119 e. The molecule has 0 bridgehead atoms. The van der Waals surface area contributed by atoms with Crippen LogP contribution in [0.5, 0.6) is 0 Å². The quantitative estimate of drug-likeness (QED) is 0.482. The maximum atomic E-state index is 6.07. The molecule has 1 aromatic carbocycles. The number of rotatable bonds is 0. The molecule has 0 amide bonds. The Hall–Kier alpha value is -0.640. The van der Waals surface area contributed by atoms with Crippen molar-refractivity contribution in [2.45, 2.75) is 17.5 Å². The standard InChI is InChI=1S/C10H14N2S/c1-7-10(11,12)8-5-3-4-6-9(8)13(7)2/h3-6H,11-12H2,1-2H3. The Kier molecular flexibility index (Phi) is 1.84. The van der Waals surface area contributed by atoms with Crippen LogP contribution in [0.3, 0.4) is 0 Å². The second-order valence-electron chi connectivity index (χ2n) is 3.43. The van der Waals surface area contributed by atoms with Crippen LogP contribution in [0.2, 0.25) is 0 Å². The summed E-state index contributed by atoms with van der Waals surface area (Å²) < 4.78 is 0.